The summed E-state index contributed by atoms with van der Waals surface area (Å²) in [5.41, 5.74) is 0.0792. The molecule has 1 unspecified atom stereocenters. The van der Waals surface area contributed by atoms with Gasteiger partial charge in [0.05, 0.1) is 7.11 Å². The first-order chi connectivity index (χ1) is 8.27. The number of halogens is 2. The van der Waals surface area contributed by atoms with Gasteiger partial charge in [0.2, 0.25) is 0 Å². The summed E-state index contributed by atoms with van der Waals surface area (Å²) in [4.78, 5) is 11.6. The van der Waals surface area contributed by atoms with Crippen LogP contribution < -0.4 is 5.32 Å². The van der Waals surface area contributed by atoms with Crippen LogP contribution in [0.2, 0.25) is 0 Å². The minimum absolute atomic E-state index is 0.117. The Labute approximate surface area is 115 Å². The summed E-state index contributed by atoms with van der Waals surface area (Å²) >= 11 is 3.31. The quantitative estimate of drug-likeness (QED) is 0.867. The third kappa shape index (κ3) is 3.53. The number of methoxy groups -OCH3 is 1. The van der Waals surface area contributed by atoms with Crippen LogP contribution in [-0.2, 0) is 9.53 Å². The Bertz CT molecular complexity index is 449. The molecule has 0 aliphatic carbocycles. The van der Waals surface area contributed by atoms with Crippen molar-refractivity contribution < 1.29 is 13.9 Å². The lowest BCUT2D eigenvalue weighted by atomic mass is 10.0. The molecule has 18 heavy (non-hydrogen) atoms. The van der Waals surface area contributed by atoms with E-state index in [0.717, 1.165) is 5.56 Å². The lowest BCUT2D eigenvalue weighted by Crippen LogP contribution is -2.48. The third-order valence-corrected chi connectivity index (χ3v) is 3.39. The van der Waals surface area contributed by atoms with Crippen LogP contribution in [0, 0.1) is 5.82 Å². The molecule has 3 nitrogen and oxygen atoms in total. The first kappa shape index (κ1) is 15.1. The Morgan fingerprint density at radius 2 is 2.11 bits per heavy atom. The minimum atomic E-state index is -0.804. The highest BCUT2D eigenvalue weighted by Crippen LogP contribution is 2.26. The van der Waals surface area contributed by atoms with Gasteiger partial charge in [-0.05, 0) is 38.5 Å². The van der Waals surface area contributed by atoms with Gasteiger partial charge in [-0.1, -0.05) is 22.0 Å². The van der Waals surface area contributed by atoms with E-state index >= 15 is 0 Å². The monoisotopic (exact) mass is 317 g/mol. The number of hydrogen-bond donors (Lipinski definition) is 1. The van der Waals surface area contributed by atoms with Crippen LogP contribution in [0.25, 0.3) is 0 Å². The molecule has 5 heteroatoms. The number of ether oxygens (including phenoxy) is 1. The van der Waals surface area contributed by atoms with Crippen molar-refractivity contribution in [1.82, 2.24) is 5.32 Å². The molecule has 0 amide bonds. The van der Waals surface area contributed by atoms with Gasteiger partial charge < -0.3 is 4.74 Å². The van der Waals surface area contributed by atoms with E-state index in [4.69, 9.17) is 4.74 Å². The largest absolute Gasteiger partial charge is 0.468 e. The van der Waals surface area contributed by atoms with Crippen molar-refractivity contribution in [3.8, 4) is 0 Å². The molecule has 0 radical (unpaired) electrons. The minimum Gasteiger partial charge on any atom is -0.468 e. The van der Waals surface area contributed by atoms with Gasteiger partial charge in [0, 0.05) is 10.5 Å². The number of hydrogen-bond acceptors (Lipinski definition) is 3. The van der Waals surface area contributed by atoms with E-state index in [1.807, 2.05) is 6.92 Å². The molecular weight excluding hydrogens is 301 g/mol. The Hall–Kier alpha value is -0.940. The third-order valence-electron chi connectivity index (χ3n) is 2.70. The van der Waals surface area contributed by atoms with Crippen LogP contribution in [0.5, 0.6) is 0 Å². The molecule has 0 spiro atoms. The van der Waals surface area contributed by atoms with Gasteiger partial charge in [-0.15, -0.1) is 0 Å². The van der Waals surface area contributed by atoms with Crippen molar-refractivity contribution in [1.29, 1.82) is 0 Å². The normalized spacial score (nSPS) is 13.2. The van der Waals surface area contributed by atoms with E-state index in [9.17, 15) is 9.18 Å². The molecule has 1 atom stereocenters. The van der Waals surface area contributed by atoms with Gasteiger partial charge in [-0.2, -0.15) is 0 Å². The van der Waals surface area contributed by atoms with Gasteiger partial charge in [0.15, 0.2) is 0 Å². The van der Waals surface area contributed by atoms with E-state index < -0.39 is 5.54 Å². The van der Waals surface area contributed by atoms with Crippen LogP contribution in [0.15, 0.2) is 22.7 Å². The topological polar surface area (TPSA) is 38.3 Å². The lowest BCUT2D eigenvalue weighted by Gasteiger charge is -2.28. The van der Waals surface area contributed by atoms with Gasteiger partial charge in [0.25, 0.3) is 0 Å². The fourth-order valence-corrected chi connectivity index (χ4v) is 2.48. The molecule has 0 aromatic heterocycles. The second-order valence-corrected chi connectivity index (χ2v) is 5.50. The lowest BCUT2D eigenvalue weighted by molar-refractivity contribution is -0.147. The standard InChI is InChI=1S/C13H17BrFNO2/c1-8(16-13(2,3)12(17)18-4)10-6-5-9(15)7-11(10)14/h5-8,16H,1-4H3. The van der Waals surface area contributed by atoms with E-state index in [-0.39, 0.29) is 17.8 Å². The zero-order valence-electron chi connectivity index (χ0n) is 10.9. The molecule has 0 saturated carbocycles. The number of nitrogens with one attached hydrogen (secondary N) is 1. The summed E-state index contributed by atoms with van der Waals surface area (Å²) in [5.74, 6) is -0.641. The first-order valence-electron chi connectivity index (χ1n) is 5.59. The highest BCUT2D eigenvalue weighted by atomic mass is 79.9. The Kier molecular flexibility index (Phi) is 4.87. The van der Waals surface area contributed by atoms with Crippen molar-refractivity contribution in [2.75, 3.05) is 7.11 Å². The van der Waals surface area contributed by atoms with Crippen LogP contribution in [0.4, 0.5) is 4.39 Å². The van der Waals surface area contributed by atoms with E-state index in [0.29, 0.717) is 4.47 Å². The molecule has 100 valence electrons. The van der Waals surface area contributed by atoms with Crippen molar-refractivity contribution in [3.63, 3.8) is 0 Å². The van der Waals surface area contributed by atoms with E-state index in [1.54, 1.807) is 19.9 Å². The SMILES string of the molecule is COC(=O)C(C)(C)NC(C)c1ccc(F)cc1Br. The molecule has 1 aromatic rings. The number of carbonyl (C=O) groups excluding carboxylic acids is 1. The Morgan fingerprint density at radius 3 is 2.61 bits per heavy atom. The van der Waals surface area contributed by atoms with Gasteiger partial charge in [0.1, 0.15) is 11.4 Å². The molecule has 1 rings (SSSR count). The molecule has 0 heterocycles. The molecule has 0 aliphatic heterocycles. The van der Waals surface area contributed by atoms with E-state index in [1.165, 1.54) is 19.2 Å². The van der Waals surface area contributed by atoms with Crippen LogP contribution >= 0.6 is 15.9 Å². The fraction of sp³-hybridized carbons (Fsp3) is 0.462. The molecule has 0 aliphatic rings. The van der Waals surface area contributed by atoms with Crippen molar-refractivity contribution in [2.24, 2.45) is 0 Å². The highest BCUT2D eigenvalue weighted by Gasteiger charge is 2.30. The number of rotatable bonds is 4. The number of carbonyl (C=O) groups is 1. The van der Waals surface area contributed by atoms with Crippen molar-refractivity contribution in [3.05, 3.63) is 34.1 Å². The van der Waals surface area contributed by atoms with Gasteiger partial charge in [-0.25, -0.2) is 4.39 Å². The van der Waals surface area contributed by atoms with Crippen molar-refractivity contribution >= 4 is 21.9 Å². The Balaban J connectivity index is 2.88. The zero-order valence-corrected chi connectivity index (χ0v) is 12.5. The highest BCUT2D eigenvalue weighted by molar-refractivity contribution is 9.10. The maximum Gasteiger partial charge on any atom is 0.325 e. The number of benzene rings is 1. The summed E-state index contributed by atoms with van der Waals surface area (Å²) in [5, 5.41) is 3.16. The molecular formula is C13H17BrFNO2. The predicted octanol–water partition coefficient (Wildman–Crippen LogP) is 3.19. The molecule has 0 saturated heterocycles. The summed E-state index contributed by atoms with van der Waals surface area (Å²) < 4.78 is 18.4. The second kappa shape index (κ2) is 5.80. The van der Waals surface area contributed by atoms with Crippen LogP contribution in [-0.4, -0.2) is 18.6 Å². The predicted molar refractivity (Wildman–Crippen MR) is 71.7 cm³/mol. The van der Waals surface area contributed by atoms with Crippen LogP contribution in [0.1, 0.15) is 32.4 Å². The Morgan fingerprint density at radius 1 is 1.50 bits per heavy atom. The summed E-state index contributed by atoms with van der Waals surface area (Å²) in [7, 11) is 1.35. The molecule has 1 N–H and O–H groups in total. The van der Waals surface area contributed by atoms with E-state index in [2.05, 4.69) is 21.2 Å². The fourth-order valence-electron chi connectivity index (χ4n) is 1.79. The van der Waals surface area contributed by atoms with Gasteiger partial charge in [-0.3, -0.25) is 10.1 Å². The van der Waals surface area contributed by atoms with Crippen molar-refractivity contribution in [2.45, 2.75) is 32.4 Å². The molecule has 1 aromatic carbocycles. The summed E-state index contributed by atoms with van der Waals surface area (Å²) in [6.45, 7) is 5.39. The molecule has 0 fully saturated rings. The molecule has 0 bridgehead atoms. The average molecular weight is 318 g/mol. The first-order valence-corrected chi connectivity index (χ1v) is 6.38. The summed E-state index contributed by atoms with van der Waals surface area (Å²) in [6.07, 6.45) is 0. The average Bonchev–Trinajstić information content (AvgIpc) is 2.26. The maximum atomic E-state index is 13.0. The zero-order chi connectivity index (χ0) is 13.9. The smallest absolute Gasteiger partial charge is 0.325 e. The second-order valence-electron chi connectivity index (χ2n) is 4.65. The number of esters is 1. The summed E-state index contributed by atoms with van der Waals surface area (Å²) in [6, 6.07) is 4.36. The van der Waals surface area contributed by atoms with Gasteiger partial charge >= 0.3 is 5.97 Å². The maximum absolute atomic E-state index is 13.0. The van der Waals surface area contributed by atoms with Crippen LogP contribution in [0.3, 0.4) is 0 Å².